The summed E-state index contributed by atoms with van der Waals surface area (Å²) in [7, 11) is 0. The van der Waals surface area contributed by atoms with Gasteiger partial charge in [-0.3, -0.25) is 0 Å². The van der Waals surface area contributed by atoms with Crippen LogP contribution in [-0.4, -0.2) is 0 Å². The van der Waals surface area contributed by atoms with Crippen LogP contribution in [0.5, 0.6) is 0 Å². The molecule has 0 aliphatic heterocycles. The Kier molecular flexibility index (Phi) is 4.01. The first-order valence-corrected chi connectivity index (χ1v) is 10.3. The van der Waals surface area contributed by atoms with Gasteiger partial charge in [0, 0.05) is 0 Å². The minimum atomic E-state index is 0.789. The summed E-state index contributed by atoms with van der Waals surface area (Å²) in [5.74, 6) is 0.789. The number of rotatable bonds is 3. The van der Waals surface area contributed by atoms with E-state index in [2.05, 4.69) is 80.6 Å². The van der Waals surface area contributed by atoms with Crippen LogP contribution in [0.25, 0.3) is 38.4 Å². The SMILES string of the molecule is CCc1ccc2cc3c(ccc4c(/C=C\C5CCC5)c(C)ccc43)cc2c1. The van der Waals surface area contributed by atoms with Gasteiger partial charge in [-0.25, -0.2) is 0 Å². The van der Waals surface area contributed by atoms with E-state index in [9.17, 15) is 0 Å². The summed E-state index contributed by atoms with van der Waals surface area (Å²) >= 11 is 0. The van der Waals surface area contributed by atoms with Crippen molar-refractivity contribution in [2.75, 3.05) is 0 Å². The Labute approximate surface area is 161 Å². The van der Waals surface area contributed by atoms with Gasteiger partial charge in [0.05, 0.1) is 0 Å². The van der Waals surface area contributed by atoms with E-state index in [1.54, 1.807) is 0 Å². The zero-order chi connectivity index (χ0) is 18.4. The summed E-state index contributed by atoms with van der Waals surface area (Å²) in [6, 6.07) is 20.8. The summed E-state index contributed by atoms with van der Waals surface area (Å²) in [5, 5.41) is 8.12. The second-order valence-corrected chi connectivity index (χ2v) is 8.12. The topological polar surface area (TPSA) is 0 Å². The quantitative estimate of drug-likeness (QED) is 0.261. The second kappa shape index (κ2) is 6.53. The van der Waals surface area contributed by atoms with Crippen molar-refractivity contribution in [2.45, 2.75) is 39.5 Å². The molecule has 0 amide bonds. The molecule has 1 fully saturated rings. The smallest absolute Gasteiger partial charge is 0.00988 e. The van der Waals surface area contributed by atoms with Gasteiger partial charge in [0.1, 0.15) is 0 Å². The highest BCUT2D eigenvalue weighted by atomic mass is 14.2. The normalized spacial score (nSPS) is 15.2. The third-order valence-electron chi connectivity index (χ3n) is 6.39. The van der Waals surface area contributed by atoms with Crippen LogP contribution in [0.3, 0.4) is 0 Å². The van der Waals surface area contributed by atoms with Crippen molar-refractivity contribution in [3.8, 4) is 0 Å². The number of allylic oxidation sites excluding steroid dienone is 1. The first-order valence-electron chi connectivity index (χ1n) is 10.3. The van der Waals surface area contributed by atoms with E-state index in [1.165, 1.54) is 68.3 Å². The zero-order valence-electron chi connectivity index (χ0n) is 16.3. The van der Waals surface area contributed by atoms with Gasteiger partial charge in [0.2, 0.25) is 0 Å². The van der Waals surface area contributed by atoms with Crippen molar-refractivity contribution >= 4 is 38.4 Å². The highest BCUT2D eigenvalue weighted by Gasteiger charge is 2.14. The van der Waals surface area contributed by atoms with Gasteiger partial charge in [-0.1, -0.05) is 68.0 Å². The molecule has 0 bridgehead atoms. The van der Waals surface area contributed by atoms with Crippen LogP contribution < -0.4 is 0 Å². The Morgan fingerprint density at radius 1 is 0.815 bits per heavy atom. The molecule has 0 atom stereocenters. The summed E-state index contributed by atoms with van der Waals surface area (Å²) < 4.78 is 0. The second-order valence-electron chi connectivity index (χ2n) is 8.12. The van der Waals surface area contributed by atoms with Crippen LogP contribution >= 0.6 is 0 Å². The van der Waals surface area contributed by atoms with Crippen LogP contribution in [-0.2, 0) is 6.42 Å². The predicted molar refractivity (Wildman–Crippen MR) is 119 cm³/mol. The number of hydrogen-bond acceptors (Lipinski definition) is 0. The molecule has 0 spiro atoms. The maximum atomic E-state index is 2.43. The van der Waals surface area contributed by atoms with Crippen LogP contribution in [0.15, 0.2) is 60.7 Å². The Bertz CT molecular complexity index is 1190. The average molecular weight is 351 g/mol. The Morgan fingerprint density at radius 2 is 1.63 bits per heavy atom. The van der Waals surface area contributed by atoms with Gasteiger partial charge in [0.25, 0.3) is 0 Å². The van der Waals surface area contributed by atoms with Crippen molar-refractivity contribution in [1.82, 2.24) is 0 Å². The van der Waals surface area contributed by atoms with Crippen LogP contribution in [0.1, 0.15) is 42.9 Å². The lowest BCUT2D eigenvalue weighted by Gasteiger charge is -2.21. The van der Waals surface area contributed by atoms with Crippen molar-refractivity contribution < 1.29 is 0 Å². The molecule has 1 saturated carbocycles. The molecule has 0 saturated heterocycles. The third-order valence-corrected chi connectivity index (χ3v) is 6.39. The van der Waals surface area contributed by atoms with Gasteiger partial charge >= 0.3 is 0 Å². The van der Waals surface area contributed by atoms with Gasteiger partial charge in [0.15, 0.2) is 0 Å². The fraction of sp³-hybridized carbons (Fsp3) is 0.259. The maximum absolute atomic E-state index is 2.43. The van der Waals surface area contributed by atoms with Crippen LogP contribution in [0.2, 0.25) is 0 Å². The first-order chi connectivity index (χ1) is 13.2. The highest BCUT2D eigenvalue weighted by Crippen LogP contribution is 2.34. The van der Waals surface area contributed by atoms with E-state index in [4.69, 9.17) is 0 Å². The minimum Gasteiger partial charge on any atom is -0.0808 e. The minimum absolute atomic E-state index is 0.789. The maximum Gasteiger partial charge on any atom is -0.00988 e. The van der Waals surface area contributed by atoms with E-state index in [0.29, 0.717) is 0 Å². The summed E-state index contributed by atoms with van der Waals surface area (Å²) in [4.78, 5) is 0. The van der Waals surface area contributed by atoms with Crippen molar-refractivity contribution in [2.24, 2.45) is 5.92 Å². The van der Waals surface area contributed by atoms with Crippen molar-refractivity contribution in [3.63, 3.8) is 0 Å². The zero-order valence-corrected chi connectivity index (χ0v) is 16.3. The fourth-order valence-electron chi connectivity index (χ4n) is 4.37. The summed E-state index contributed by atoms with van der Waals surface area (Å²) in [5.41, 5.74) is 4.16. The van der Waals surface area contributed by atoms with Crippen molar-refractivity contribution in [1.29, 1.82) is 0 Å². The Morgan fingerprint density at radius 3 is 2.41 bits per heavy atom. The average Bonchev–Trinajstić information content (AvgIpc) is 2.66. The molecule has 0 heteroatoms. The van der Waals surface area contributed by atoms with E-state index in [0.717, 1.165) is 12.3 Å². The molecule has 4 aromatic carbocycles. The van der Waals surface area contributed by atoms with E-state index >= 15 is 0 Å². The van der Waals surface area contributed by atoms with E-state index in [-0.39, 0.29) is 0 Å². The number of aryl methyl sites for hydroxylation is 2. The van der Waals surface area contributed by atoms with Crippen molar-refractivity contribution in [3.05, 3.63) is 77.4 Å². The van der Waals surface area contributed by atoms with E-state index < -0.39 is 0 Å². The van der Waals surface area contributed by atoms with Gasteiger partial charge < -0.3 is 0 Å². The molecular weight excluding hydrogens is 324 g/mol. The predicted octanol–water partition coefficient (Wildman–Crippen LogP) is 7.83. The molecule has 27 heavy (non-hydrogen) atoms. The third kappa shape index (κ3) is 2.84. The van der Waals surface area contributed by atoms with Gasteiger partial charge in [-0.15, -0.1) is 0 Å². The molecule has 1 aliphatic rings. The molecule has 0 nitrogen and oxygen atoms in total. The van der Waals surface area contributed by atoms with Gasteiger partial charge in [-0.05, 0) is 93.2 Å². The number of benzene rings is 4. The first kappa shape index (κ1) is 16.6. The molecule has 5 rings (SSSR count). The number of hydrogen-bond donors (Lipinski definition) is 0. The summed E-state index contributed by atoms with van der Waals surface area (Å²) in [6.45, 7) is 4.45. The molecule has 134 valence electrons. The summed E-state index contributed by atoms with van der Waals surface area (Å²) in [6.07, 6.45) is 10.00. The molecule has 0 aromatic heterocycles. The van der Waals surface area contributed by atoms with Crippen LogP contribution in [0.4, 0.5) is 0 Å². The monoisotopic (exact) mass is 350 g/mol. The Hall–Kier alpha value is -2.60. The molecular formula is C27H26. The lowest BCUT2D eigenvalue weighted by molar-refractivity contribution is 0.389. The molecule has 4 aromatic rings. The Balaban J connectivity index is 1.73. The molecule has 0 radical (unpaired) electrons. The molecule has 0 heterocycles. The molecule has 0 unspecified atom stereocenters. The lowest BCUT2D eigenvalue weighted by atomic mass is 9.84. The highest BCUT2D eigenvalue weighted by molar-refractivity contribution is 6.14. The molecule has 0 N–H and O–H groups in total. The fourth-order valence-corrected chi connectivity index (χ4v) is 4.37. The van der Waals surface area contributed by atoms with Crippen LogP contribution in [0, 0.1) is 12.8 Å². The standard InChI is InChI=1S/C27H26/c1-3-19-8-10-21-17-27-22(16-23(21)15-19)11-14-25-24(13-9-20-5-4-6-20)18(2)7-12-26(25)27/h7-17,20H,3-6H2,1-2H3/b13-9-. The van der Waals surface area contributed by atoms with Gasteiger partial charge in [-0.2, -0.15) is 0 Å². The van der Waals surface area contributed by atoms with E-state index in [1.807, 2.05) is 0 Å². The molecule has 1 aliphatic carbocycles. The largest absolute Gasteiger partial charge is 0.0808 e. The number of fused-ring (bicyclic) bond motifs is 4. The lowest BCUT2D eigenvalue weighted by Crippen LogP contribution is -2.06.